The van der Waals surface area contributed by atoms with Crippen LogP contribution in [0.15, 0.2) is 34.0 Å². The van der Waals surface area contributed by atoms with E-state index in [1.54, 1.807) is 11.1 Å². The molecule has 0 aromatic rings. The molecule has 0 radical (unpaired) electrons. The minimum absolute atomic E-state index is 0.121. The highest BCUT2D eigenvalue weighted by Crippen LogP contribution is 2.49. The summed E-state index contributed by atoms with van der Waals surface area (Å²) >= 11 is 2.36. The van der Waals surface area contributed by atoms with Gasteiger partial charge in [0.15, 0.2) is 0 Å². The summed E-state index contributed by atoms with van der Waals surface area (Å²) in [6.45, 7) is 25.5. The first kappa shape index (κ1) is 25.2. The molecular weight excluding hydrogens is 459 g/mol. The summed E-state index contributed by atoms with van der Waals surface area (Å²) in [6.07, 6.45) is 8.04. The predicted octanol–water partition coefficient (Wildman–Crippen LogP) is 8.82. The molecule has 1 rings (SSSR count). The number of hydrogen-bond donors (Lipinski definition) is 0. The Hall–Kier alpha value is 0.127. The zero-order valence-corrected chi connectivity index (χ0v) is 22.4. The van der Waals surface area contributed by atoms with Gasteiger partial charge in [0.25, 0.3) is 0 Å². The molecule has 0 saturated heterocycles. The maximum Gasteiger partial charge on any atom is 0.201 e. The van der Waals surface area contributed by atoms with E-state index >= 15 is 0 Å². The minimum atomic E-state index is -1.91. The van der Waals surface area contributed by atoms with Gasteiger partial charge in [-0.2, -0.15) is 0 Å². The van der Waals surface area contributed by atoms with Crippen molar-refractivity contribution in [3.8, 4) is 0 Å². The van der Waals surface area contributed by atoms with Crippen LogP contribution in [0.25, 0.3) is 0 Å². The van der Waals surface area contributed by atoms with E-state index < -0.39 is 8.32 Å². The van der Waals surface area contributed by atoms with Crippen LogP contribution in [0.2, 0.25) is 16.6 Å². The molecule has 0 aromatic carbocycles. The molecule has 0 aromatic heterocycles. The lowest BCUT2D eigenvalue weighted by molar-refractivity contribution is 0.192. The largest absolute Gasteiger partial charge is 0.409 e. The Balaban J connectivity index is 3.21. The van der Waals surface area contributed by atoms with Crippen LogP contribution in [0, 0.1) is 11.3 Å². The molecule has 2 atom stereocenters. The standard InChI is InChI=1S/C24H43IOSi/c1-11-22(26-27(17(2)3,18(4)5)19(6)7)16-23-20(8)12-13-21(14-15-25)24(23,9)10/h11,14-15,17-19,21-22H,1,12-13,16H2,2-10H3/b15-14+. The summed E-state index contributed by atoms with van der Waals surface area (Å²) in [6, 6.07) is 0. The molecule has 3 heteroatoms. The third-order valence-corrected chi connectivity index (χ3v) is 13.6. The van der Waals surface area contributed by atoms with Gasteiger partial charge in [0, 0.05) is 0 Å². The molecule has 0 amide bonds. The fraction of sp³-hybridized carbons (Fsp3) is 0.750. The molecule has 0 aliphatic heterocycles. The van der Waals surface area contributed by atoms with Gasteiger partial charge < -0.3 is 4.43 Å². The summed E-state index contributed by atoms with van der Waals surface area (Å²) in [5.74, 6) is 0.612. The molecule has 0 heterocycles. The fourth-order valence-electron chi connectivity index (χ4n) is 5.56. The van der Waals surface area contributed by atoms with Gasteiger partial charge >= 0.3 is 0 Å². The second kappa shape index (κ2) is 10.2. The lowest BCUT2D eigenvalue weighted by Crippen LogP contribution is -2.50. The van der Waals surface area contributed by atoms with Gasteiger partial charge in [-0.3, -0.25) is 0 Å². The molecule has 1 nitrogen and oxygen atoms in total. The summed E-state index contributed by atoms with van der Waals surface area (Å²) in [5, 5.41) is 0. The first-order valence-corrected chi connectivity index (χ1v) is 14.1. The molecule has 1 aliphatic rings. The molecule has 0 saturated carbocycles. The number of allylic oxidation sites excluding steroid dienone is 2. The van der Waals surface area contributed by atoms with Gasteiger partial charge in [-0.05, 0) is 58.2 Å². The van der Waals surface area contributed by atoms with Gasteiger partial charge in [0.2, 0.25) is 8.32 Å². The normalized spacial score (nSPS) is 22.3. The lowest BCUT2D eigenvalue weighted by atomic mass is 9.64. The molecule has 27 heavy (non-hydrogen) atoms. The highest BCUT2D eigenvalue weighted by Gasteiger charge is 2.47. The molecule has 2 unspecified atom stereocenters. The zero-order chi connectivity index (χ0) is 21.0. The topological polar surface area (TPSA) is 9.23 Å². The van der Waals surface area contributed by atoms with Crippen LogP contribution < -0.4 is 0 Å². The average Bonchev–Trinajstić information content (AvgIpc) is 2.56. The Labute approximate surface area is 184 Å². The van der Waals surface area contributed by atoms with Crippen LogP contribution in [0.3, 0.4) is 0 Å². The van der Waals surface area contributed by atoms with Crippen molar-refractivity contribution in [1.29, 1.82) is 0 Å². The number of hydrogen-bond acceptors (Lipinski definition) is 1. The third-order valence-electron chi connectivity index (χ3n) is 7.09. The van der Waals surface area contributed by atoms with Crippen LogP contribution in [0.1, 0.15) is 81.6 Å². The van der Waals surface area contributed by atoms with E-state index in [-0.39, 0.29) is 11.5 Å². The van der Waals surface area contributed by atoms with E-state index in [1.165, 1.54) is 12.8 Å². The van der Waals surface area contributed by atoms with E-state index in [0.29, 0.717) is 22.5 Å². The van der Waals surface area contributed by atoms with Crippen LogP contribution in [-0.2, 0) is 4.43 Å². The average molecular weight is 503 g/mol. The van der Waals surface area contributed by atoms with Crippen molar-refractivity contribution in [1.82, 2.24) is 0 Å². The van der Waals surface area contributed by atoms with Crippen molar-refractivity contribution in [2.24, 2.45) is 11.3 Å². The molecule has 0 N–H and O–H groups in total. The summed E-state index contributed by atoms with van der Waals surface area (Å²) in [7, 11) is -1.91. The van der Waals surface area contributed by atoms with E-state index in [0.717, 1.165) is 6.42 Å². The minimum Gasteiger partial charge on any atom is -0.409 e. The second-order valence-electron chi connectivity index (χ2n) is 9.86. The lowest BCUT2D eigenvalue weighted by Gasteiger charge is -2.46. The van der Waals surface area contributed by atoms with Crippen LogP contribution >= 0.6 is 22.6 Å². The molecule has 0 fully saturated rings. The smallest absolute Gasteiger partial charge is 0.201 e. The van der Waals surface area contributed by atoms with Gasteiger partial charge in [0.1, 0.15) is 0 Å². The summed E-state index contributed by atoms with van der Waals surface area (Å²) in [5.41, 5.74) is 5.15. The Kier molecular flexibility index (Phi) is 9.55. The Morgan fingerprint density at radius 1 is 1.15 bits per heavy atom. The third kappa shape index (κ3) is 5.39. The first-order chi connectivity index (χ1) is 12.4. The van der Waals surface area contributed by atoms with Crippen LogP contribution in [0.5, 0.6) is 0 Å². The molecule has 0 spiro atoms. The second-order valence-corrected chi connectivity index (χ2v) is 16.0. The van der Waals surface area contributed by atoms with Crippen molar-refractivity contribution < 1.29 is 4.43 Å². The van der Waals surface area contributed by atoms with E-state index in [9.17, 15) is 0 Å². The molecule has 156 valence electrons. The fourth-order valence-corrected chi connectivity index (χ4v) is 11.6. The van der Waals surface area contributed by atoms with E-state index in [2.05, 4.69) is 108 Å². The number of halogens is 1. The molecular formula is C24H43IOSi. The predicted molar refractivity (Wildman–Crippen MR) is 133 cm³/mol. The Bertz CT molecular complexity index is 535. The monoisotopic (exact) mass is 502 g/mol. The van der Waals surface area contributed by atoms with Gasteiger partial charge in [0.05, 0.1) is 6.10 Å². The van der Waals surface area contributed by atoms with Gasteiger partial charge in [-0.15, -0.1) is 6.58 Å². The highest BCUT2D eigenvalue weighted by molar-refractivity contribution is 14.1. The van der Waals surface area contributed by atoms with Crippen molar-refractivity contribution in [2.75, 3.05) is 0 Å². The summed E-state index contributed by atoms with van der Waals surface area (Å²) in [4.78, 5) is 0. The van der Waals surface area contributed by atoms with Crippen molar-refractivity contribution in [2.45, 2.75) is 104 Å². The quantitative estimate of drug-likeness (QED) is 0.174. The van der Waals surface area contributed by atoms with Crippen molar-refractivity contribution in [3.63, 3.8) is 0 Å². The van der Waals surface area contributed by atoms with E-state index in [4.69, 9.17) is 4.43 Å². The maximum absolute atomic E-state index is 7.08. The molecule has 1 aliphatic carbocycles. The Morgan fingerprint density at radius 3 is 2.07 bits per heavy atom. The van der Waals surface area contributed by atoms with Crippen molar-refractivity contribution >= 4 is 30.9 Å². The zero-order valence-electron chi connectivity index (χ0n) is 19.2. The van der Waals surface area contributed by atoms with Crippen LogP contribution in [0.4, 0.5) is 0 Å². The molecule has 0 bridgehead atoms. The van der Waals surface area contributed by atoms with Gasteiger partial charge in [-0.1, -0.05) is 101 Å². The Morgan fingerprint density at radius 2 is 1.67 bits per heavy atom. The summed E-state index contributed by atoms with van der Waals surface area (Å²) < 4.78 is 9.27. The number of rotatable bonds is 9. The maximum atomic E-state index is 7.08. The van der Waals surface area contributed by atoms with Crippen molar-refractivity contribution in [3.05, 3.63) is 34.0 Å². The highest BCUT2D eigenvalue weighted by atomic mass is 127. The first-order valence-electron chi connectivity index (χ1n) is 10.7. The van der Waals surface area contributed by atoms with Gasteiger partial charge in [-0.25, -0.2) is 0 Å². The van der Waals surface area contributed by atoms with E-state index in [1.807, 2.05) is 0 Å². The van der Waals surface area contributed by atoms with Crippen LogP contribution in [-0.4, -0.2) is 14.4 Å². The SMILES string of the molecule is C=CC(CC1=C(C)CCC(/C=C/I)C1(C)C)O[Si](C(C)C)(C(C)C)C(C)C.